The van der Waals surface area contributed by atoms with E-state index in [1.54, 1.807) is 6.92 Å². The molecule has 4 aromatic heterocycles. The van der Waals surface area contributed by atoms with E-state index in [2.05, 4.69) is 35.3 Å². The minimum absolute atomic E-state index is 0.0331. The van der Waals surface area contributed by atoms with E-state index >= 15 is 0 Å². The number of aromatic nitrogens is 7. The molecule has 0 fully saturated rings. The monoisotopic (exact) mass is 533 g/mol. The van der Waals surface area contributed by atoms with Crippen LogP contribution in [0.4, 0.5) is 27.9 Å². The van der Waals surface area contributed by atoms with Gasteiger partial charge in [0.05, 0.1) is 11.6 Å². The molecule has 10 nitrogen and oxygen atoms in total. The topological polar surface area (TPSA) is 138 Å². The third-order valence-electron chi connectivity index (χ3n) is 5.91. The summed E-state index contributed by atoms with van der Waals surface area (Å²) in [4.78, 5) is 31.2. The Balaban J connectivity index is 1.64. The molecular weight excluding hydrogens is 513 g/mol. The minimum Gasteiger partial charge on any atom is -0.355 e. The third kappa shape index (κ3) is 5.29. The number of nitrogens with one attached hydrogen (secondary N) is 2. The Morgan fingerprint density at radius 1 is 1.13 bits per heavy atom. The largest absolute Gasteiger partial charge is 0.433 e. The van der Waals surface area contributed by atoms with Gasteiger partial charge in [-0.05, 0) is 25.0 Å². The second kappa shape index (κ2) is 10.5. The van der Waals surface area contributed by atoms with Crippen LogP contribution >= 0.6 is 0 Å². The van der Waals surface area contributed by atoms with Crippen LogP contribution in [0.15, 0.2) is 35.5 Å². The predicted molar refractivity (Wildman–Crippen MR) is 124 cm³/mol. The molecule has 0 bridgehead atoms. The number of halogens is 5. The van der Waals surface area contributed by atoms with Gasteiger partial charge in [-0.2, -0.15) is 28.5 Å². The van der Waals surface area contributed by atoms with E-state index in [4.69, 9.17) is 0 Å². The first-order valence-electron chi connectivity index (χ1n) is 11.3. The van der Waals surface area contributed by atoms with Crippen molar-refractivity contribution in [3.8, 4) is 6.07 Å². The zero-order chi connectivity index (χ0) is 27.6. The molecular formula is C23H20F5N9O. The normalized spacial score (nSPS) is 13.4. The van der Waals surface area contributed by atoms with E-state index in [0.29, 0.717) is 17.8 Å². The highest BCUT2D eigenvalue weighted by Gasteiger charge is 2.32. The van der Waals surface area contributed by atoms with Crippen LogP contribution in [0, 0.1) is 11.3 Å². The minimum atomic E-state index is -4.60. The standard InChI is InChI=1S/C23H20F5N9O/c1-3-12(19-31-9-14(10-32-19)18(24)25)7-33-22-34-20-17(21(38)35-22)15(6-29)36-37(20)11(2)13-4-5-16(30-8-13)23(26,27)28/h4-5,8-12,18H,3,7H2,1-2H3,(H2,33,34,35,38). The van der Waals surface area contributed by atoms with E-state index in [1.807, 2.05) is 13.0 Å². The average Bonchev–Trinajstić information content (AvgIpc) is 3.27. The van der Waals surface area contributed by atoms with Gasteiger partial charge in [0.25, 0.3) is 12.0 Å². The van der Waals surface area contributed by atoms with Crippen molar-refractivity contribution < 1.29 is 22.0 Å². The number of hydrogen-bond acceptors (Lipinski definition) is 8. The van der Waals surface area contributed by atoms with Crippen LogP contribution in [0.2, 0.25) is 0 Å². The van der Waals surface area contributed by atoms with E-state index in [9.17, 15) is 32.0 Å². The highest BCUT2D eigenvalue weighted by atomic mass is 19.4. The number of H-pyrrole nitrogens is 1. The zero-order valence-corrected chi connectivity index (χ0v) is 20.0. The lowest BCUT2D eigenvalue weighted by molar-refractivity contribution is -0.141. The zero-order valence-electron chi connectivity index (χ0n) is 20.0. The molecule has 2 unspecified atom stereocenters. The SMILES string of the molecule is CCC(CNc1nc2c(c(C#N)nn2C(C)c2ccc(C(F)(F)F)nc2)c(=O)[nH]1)c1ncc(C(F)F)cn1. The first-order chi connectivity index (χ1) is 18.0. The Morgan fingerprint density at radius 2 is 1.82 bits per heavy atom. The van der Waals surface area contributed by atoms with Gasteiger partial charge in [-0.25, -0.2) is 23.4 Å². The van der Waals surface area contributed by atoms with Gasteiger partial charge in [0.15, 0.2) is 11.3 Å². The molecule has 4 aromatic rings. The highest BCUT2D eigenvalue weighted by molar-refractivity contribution is 5.81. The number of rotatable bonds is 8. The number of fused-ring (bicyclic) bond motifs is 1. The molecule has 2 atom stereocenters. The van der Waals surface area contributed by atoms with Gasteiger partial charge in [-0.1, -0.05) is 13.0 Å². The number of hydrogen-bond donors (Lipinski definition) is 2. The Morgan fingerprint density at radius 3 is 2.37 bits per heavy atom. The van der Waals surface area contributed by atoms with E-state index in [-0.39, 0.29) is 40.7 Å². The summed E-state index contributed by atoms with van der Waals surface area (Å²) in [6.07, 6.45) is -3.59. The summed E-state index contributed by atoms with van der Waals surface area (Å²) in [5, 5.41) is 16.5. The first-order valence-corrected chi connectivity index (χ1v) is 11.3. The lowest BCUT2D eigenvalue weighted by atomic mass is 10.1. The summed E-state index contributed by atoms with van der Waals surface area (Å²) in [6, 6.07) is 3.18. The Labute approximate surface area is 211 Å². The molecule has 198 valence electrons. The summed E-state index contributed by atoms with van der Waals surface area (Å²) in [5.74, 6) is 0.0565. The Bertz CT molecular complexity index is 1520. The van der Waals surface area contributed by atoms with Crippen LogP contribution in [0.5, 0.6) is 0 Å². The molecule has 0 radical (unpaired) electrons. The first kappa shape index (κ1) is 26.6. The van der Waals surface area contributed by atoms with Crippen molar-refractivity contribution in [2.75, 3.05) is 11.9 Å². The molecule has 0 saturated heterocycles. The molecule has 0 aliphatic carbocycles. The molecule has 0 aliphatic rings. The fraction of sp³-hybridized carbons (Fsp3) is 0.348. The van der Waals surface area contributed by atoms with Crippen molar-refractivity contribution in [3.05, 3.63) is 69.4 Å². The maximum Gasteiger partial charge on any atom is 0.433 e. The molecule has 38 heavy (non-hydrogen) atoms. The van der Waals surface area contributed by atoms with Gasteiger partial charge >= 0.3 is 6.18 Å². The summed E-state index contributed by atoms with van der Waals surface area (Å²) < 4.78 is 65.5. The predicted octanol–water partition coefficient (Wildman–Crippen LogP) is 4.35. The molecule has 2 N–H and O–H groups in total. The van der Waals surface area contributed by atoms with Crippen LogP contribution in [-0.2, 0) is 6.18 Å². The number of nitriles is 1. The molecule has 0 saturated carbocycles. The molecule has 4 rings (SSSR count). The number of pyridine rings is 1. The number of nitrogens with zero attached hydrogens (tertiary/aromatic N) is 7. The van der Waals surface area contributed by atoms with E-state index < -0.39 is 29.9 Å². The lowest BCUT2D eigenvalue weighted by Gasteiger charge is -2.16. The maximum atomic E-state index is 12.9. The van der Waals surface area contributed by atoms with Crippen molar-refractivity contribution >= 4 is 17.0 Å². The Hall–Kier alpha value is -4.48. The molecule has 0 spiro atoms. The van der Waals surface area contributed by atoms with Crippen molar-refractivity contribution in [2.45, 2.75) is 44.8 Å². The van der Waals surface area contributed by atoms with Crippen LogP contribution in [-0.4, -0.2) is 41.2 Å². The molecule has 15 heteroatoms. The summed E-state index contributed by atoms with van der Waals surface area (Å²) in [6.45, 7) is 3.65. The molecule has 4 heterocycles. The number of alkyl halides is 5. The third-order valence-corrected chi connectivity index (χ3v) is 5.91. The summed E-state index contributed by atoms with van der Waals surface area (Å²) >= 11 is 0. The van der Waals surface area contributed by atoms with Crippen LogP contribution in [0.25, 0.3) is 11.0 Å². The molecule has 0 amide bonds. The molecule has 0 aromatic carbocycles. The van der Waals surface area contributed by atoms with Crippen molar-refractivity contribution in [3.63, 3.8) is 0 Å². The van der Waals surface area contributed by atoms with Crippen molar-refractivity contribution in [1.29, 1.82) is 5.26 Å². The maximum absolute atomic E-state index is 12.9. The second-order valence-electron chi connectivity index (χ2n) is 8.33. The van der Waals surface area contributed by atoms with Crippen LogP contribution in [0.1, 0.15) is 67.0 Å². The average molecular weight is 533 g/mol. The quantitative estimate of drug-likeness (QED) is 0.319. The van der Waals surface area contributed by atoms with Gasteiger partial charge in [0.2, 0.25) is 5.95 Å². The summed E-state index contributed by atoms with van der Waals surface area (Å²) in [5.41, 5.74) is -1.83. The van der Waals surface area contributed by atoms with E-state index in [0.717, 1.165) is 24.7 Å². The lowest BCUT2D eigenvalue weighted by Crippen LogP contribution is -2.20. The van der Waals surface area contributed by atoms with Gasteiger partial charge in [0.1, 0.15) is 23.0 Å². The summed E-state index contributed by atoms with van der Waals surface area (Å²) in [7, 11) is 0. The smallest absolute Gasteiger partial charge is 0.355 e. The number of anilines is 1. The van der Waals surface area contributed by atoms with Gasteiger partial charge in [-0.15, -0.1) is 0 Å². The van der Waals surface area contributed by atoms with E-state index in [1.165, 1.54) is 10.7 Å². The fourth-order valence-electron chi connectivity index (χ4n) is 3.75. The van der Waals surface area contributed by atoms with Gasteiger partial charge in [-0.3, -0.25) is 14.8 Å². The fourth-order valence-corrected chi connectivity index (χ4v) is 3.75. The second-order valence-corrected chi connectivity index (χ2v) is 8.33. The Kier molecular flexibility index (Phi) is 7.33. The van der Waals surface area contributed by atoms with Gasteiger partial charge < -0.3 is 5.32 Å². The van der Waals surface area contributed by atoms with Crippen molar-refractivity contribution in [1.82, 2.24) is 34.7 Å². The highest BCUT2D eigenvalue weighted by Crippen LogP contribution is 2.29. The molecule has 0 aliphatic heterocycles. The van der Waals surface area contributed by atoms with Gasteiger partial charge in [0, 0.05) is 31.1 Å². The van der Waals surface area contributed by atoms with Crippen molar-refractivity contribution in [2.24, 2.45) is 0 Å². The van der Waals surface area contributed by atoms with Crippen LogP contribution in [0.3, 0.4) is 0 Å². The van der Waals surface area contributed by atoms with Crippen LogP contribution < -0.4 is 10.9 Å². The number of aromatic amines is 1.